The van der Waals surface area contributed by atoms with E-state index in [2.05, 4.69) is 43.0 Å². The molecule has 1 aromatic carbocycles. The summed E-state index contributed by atoms with van der Waals surface area (Å²) in [5.74, 6) is 0.873. The van der Waals surface area contributed by atoms with Gasteiger partial charge in [-0.2, -0.15) is 0 Å². The van der Waals surface area contributed by atoms with Crippen LogP contribution >= 0.6 is 0 Å². The number of hydrogen-bond acceptors (Lipinski definition) is 3. The zero-order chi connectivity index (χ0) is 14.5. The van der Waals surface area contributed by atoms with Gasteiger partial charge < -0.3 is 5.73 Å². The first kappa shape index (κ1) is 15.2. The van der Waals surface area contributed by atoms with E-state index in [1.165, 1.54) is 5.56 Å². The lowest BCUT2D eigenvalue weighted by molar-refractivity contribution is -0.124. The van der Waals surface area contributed by atoms with Gasteiger partial charge in [0.25, 0.3) is 0 Å². The molecule has 0 radical (unpaired) electrons. The van der Waals surface area contributed by atoms with E-state index in [1.807, 2.05) is 6.07 Å². The van der Waals surface area contributed by atoms with Gasteiger partial charge in [-0.05, 0) is 30.9 Å². The molecular weight excluding hydrogens is 248 g/mol. The van der Waals surface area contributed by atoms with E-state index in [-0.39, 0.29) is 17.7 Å². The minimum atomic E-state index is -0.281. The number of hydrogen-bond donors (Lipinski definition) is 1. The van der Waals surface area contributed by atoms with Crippen LogP contribution in [0.1, 0.15) is 32.3 Å². The molecule has 2 N–H and O–H groups in total. The average Bonchev–Trinajstić information content (AvgIpc) is 2.86. The lowest BCUT2D eigenvalue weighted by atomic mass is 9.92. The van der Waals surface area contributed by atoms with Gasteiger partial charge in [-0.1, -0.05) is 44.2 Å². The third-order valence-electron chi connectivity index (χ3n) is 4.01. The fraction of sp³-hybridized carbons (Fsp3) is 0.588. The van der Waals surface area contributed by atoms with Crippen LogP contribution in [0.4, 0.5) is 0 Å². The lowest BCUT2D eigenvalue weighted by Crippen LogP contribution is -2.37. The monoisotopic (exact) mass is 274 g/mol. The summed E-state index contributed by atoms with van der Waals surface area (Å²) in [6.07, 6.45) is 1.76. The molecule has 3 heteroatoms. The van der Waals surface area contributed by atoms with Crippen molar-refractivity contribution in [1.82, 2.24) is 4.90 Å². The highest BCUT2D eigenvalue weighted by Crippen LogP contribution is 2.21. The van der Waals surface area contributed by atoms with Gasteiger partial charge in [0.05, 0.1) is 6.04 Å². The van der Waals surface area contributed by atoms with Crippen LogP contribution < -0.4 is 5.73 Å². The Bertz CT molecular complexity index is 430. The maximum absolute atomic E-state index is 12.3. The van der Waals surface area contributed by atoms with Crippen molar-refractivity contribution in [3.05, 3.63) is 35.9 Å². The number of Topliss-reactive ketones (excluding diaryl/α,β-unsaturated/α-hetero) is 1. The van der Waals surface area contributed by atoms with Crippen molar-refractivity contribution < 1.29 is 4.79 Å². The third-order valence-corrected chi connectivity index (χ3v) is 4.01. The van der Waals surface area contributed by atoms with Crippen LogP contribution in [0.5, 0.6) is 0 Å². The molecule has 0 spiro atoms. The summed E-state index contributed by atoms with van der Waals surface area (Å²) in [6, 6.07) is 10.2. The largest absolute Gasteiger partial charge is 0.321 e. The van der Waals surface area contributed by atoms with Crippen molar-refractivity contribution in [1.29, 1.82) is 0 Å². The number of ketones is 1. The summed E-state index contributed by atoms with van der Waals surface area (Å²) in [7, 11) is 0. The van der Waals surface area contributed by atoms with Crippen LogP contribution in [-0.4, -0.2) is 29.8 Å². The van der Waals surface area contributed by atoms with Crippen molar-refractivity contribution >= 4 is 5.78 Å². The SMILES string of the molecule is CC(C)C[C@H](N)C(=O)C1CCN(Cc2ccccc2)C1. The molecule has 2 atom stereocenters. The lowest BCUT2D eigenvalue weighted by Gasteiger charge is -2.18. The summed E-state index contributed by atoms with van der Waals surface area (Å²) < 4.78 is 0. The maximum atomic E-state index is 12.3. The Kier molecular flexibility index (Phi) is 5.32. The molecule has 0 bridgehead atoms. The predicted molar refractivity (Wildman–Crippen MR) is 82.3 cm³/mol. The maximum Gasteiger partial charge on any atom is 0.153 e. The molecule has 0 saturated carbocycles. The second-order valence-electron chi connectivity index (χ2n) is 6.34. The molecule has 2 rings (SSSR count). The Morgan fingerprint density at radius 1 is 1.35 bits per heavy atom. The number of rotatable bonds is 6. The van der Waals surface area contributed by atoms with Gasteiger partial charge in [0, 0.05) is 19.0 Å². The van der Waals surface area contributed by atoms with Gasteiger partial charge in [0.2, 0.25) is 0 Å². The predicted octanol–water partition coefficient (Wildman–Crippen LogP) is 2.45. The standard InChI is InChI=1S/C17H26N2O/c1-13(2)10-16(18)17(20)15-8-9-19(12-15)11-14-6-4-3-5-7-14/h3-7,13,15-16H,8-12,18H2,1-2H3/t15?,16-/m0/s1. The average molecular weight is 274 g/mol. The van der Waals surface area contributed by atoms with Gasteiger partial charge in [-0.15, -0.1) is 0 Å². The van der Waals surface area contributed by atoms with E-state index in [1.54, 1.807) is 0 Å². The first-order valence-corrected chi connectivity index (χ1v) is 7.62. The number of benzene rings is 1. The van der Waals surface area contributed by atoms with E-state index in [4.69, 9.17) is 5.73 Å². The molecule has 20 heavy (non-hydrogen) atoms. The highest BCUT2D eigenvalue weighted by Gasteiger charge is 2.31. The number of carbonyl (C=O) groups is 1. The molecule has 1 unspecified atom stereocenters. The van der Waals surface area contributed by atoms with Gasteiger partial charge in [0.15, 0.2) is 5.78 Å². The summed E-state index contributed by atoms with van der Waals surface area (Å²) in [5.41, 5.74) is 7.34. The van der Waals surface area contributed by atoms with Crippen LogP contribution in [-0.2, 0) is 11.3 Å². The van der Waals surface area contributed by atoms with Crippen molar-refractivity contribution in [2.75, 3.05) is 13.1 Å². The van der Waals surface area contributed by atoms with Crippen LogP contribution in [0.3, 0.4) is 0 Å². The second kappa shape index (κ2) is 7.00. The molecule has 1 fully saturated rings. The fourth-order valence-corrected chi connectivity index (χ4v) is 2.98. The van der Waals surface area contributed by atoms with Crippen molar-refractivity contribution in [3.8, 4) is 0 Å². The zero-order valence-electron chi connectivity index (χ0n) is 12.6. The van der Waals surface area contributed by atoms with Crippen LogP contribution in [0.2, 0.25) is 0 Å². The molecule has 0 aliphatic carbocycles. The molecule has 1 heterocycles. The summed E-state index contributed by atoms with van der Waals surface area (Å²) in [6.45, 7) is 7.02. The molecule has 110 valence electrons. The minimum Gasteiger partial charge on any atom is -0.321 e. The van der Waals surface area contributed by atoms with E-state index in [0.717, 1.165) is 32.5 Å². The highest BCUT2D eigenvalue weighted by molar-refractivity contribution is 5.86. The quantitative estimate of drug-likeness (QED) is 0.866. The topological polar surface area (TPSA) is 46.3 Å². The Labute approximate surface area is 122 Å². The Balaban J connectivity index is 1.84. The molecule has 1 aliphatic heterocycles. The van der Waals surface area contributed by atoms with Gasteiger partial charge >= 0.3 is 0 Å². The molecule has 1 aromatic rings. The van der Waals surface area contributed by atoms with Gasteiger partial charge in [-0.3, -0.25) is 9.69 Å². The molecule has 0 amide bonds. The molecular formula is C17H26N2O. The molecule has 0 aromatic heterocycles. The Morgan fingerprint density at radius 3 is 2.70 bits per heavy atom. The van der Waals surface area contributed by atoms with Crippen molar-refractivity contribution in [2.24, 2.45) is 17.6 Å². The van der Waals surface area contributed by atoms with E-state index >= 15 is 0 Å². The van der Waals surface area contributed by atoms with Gasteiger partial charge in [0.1, 0.15) is 0 Å². The van der Waals surface area contributed by atoms with Crippen LogP contribution in [0.25, 0.3) is 0 Å². The van der Waals surface area contributed by atoms with E-state index in [0.29, 0.717) is 5.92 Å². The Morgan fingerprint density at radius 2 is 2.05 bits per heavy atom. The fourth-order valence-electron chi connectivity index (χ4n) is 2.98. The summed E-state index contributed by atoms with van der Waals surface area (Å²) >= 11 is 0. The van der Waals surface area contributed by atoms with Crippen molar-refractivity contribution in [3.63, 3.8) is 0 Å². The normalized spacial score (nSPS) is 21.3. The van der Waals surface area contributed by atoms with Crippen molar-refractivity contribution in [2.45, 2.75) is 39.3 Å². The number of nitrogens with two attached hydrogens (primary N) is 1. The first-order chi connectivity index (χ1) is 9.56. The van der Waals surface area contributed by atoms with Crippen LogP contribution in [0.15, 0.2) is 30.3 Å². The zero-order valence-corrected chi connectivity index (χ0v) is 12.6. The number of likely N-dealkylation sites (tertiary alicyclic amines) is 1. The van der Waals surface area contributed by atoms with E-state index < -0.39 is 0 Å². The minimum absolute atomic E-state index is 0.132. The summed E-state index contributed by atoms with van der Waals surface area (Å²) in [5, 5.41) is 0. The number of carbonyl (C=O) groups excluding carboxylic acids is 1. The first-order valence-electron chi connectivity index (χ1n) is 7.62. The van der Waals surface area contributed by atoms with Crippen LogP contribution in [0, 0.1) is 11.8 Å². The second-order valence-corrected chi connectivity index (χ2v) is 6.34. The Hall–Kier alpha value is -1.19. The molecule has 1 aliphatic rings. The highest BCUT2D eigenvalue weighted by atomic mass is 16.1. The smallest absolute Gasteiger partial charge is 0.153 e. The molecule has 3 nitrogen and oxygen atoms in total. The van der Waals surface area contributed by atoms with E-state index in [9.17, 15) is 4.79 Å². The summed E-state index contributed by atoms with van der Waals surface area (Å²) in [4.78, 5) is 14.7. The molecule has 1 saturated heterocycles. The number of nitrogens with zero attached hydrogens (tertiary/aromatic N) is 1. The third kappa shape index (κ3) is 4.15. The van der Waals surface area contributed by atoms with Gasteiger partial charge in [-0.25, -0.2) is 0 Å².